The quantitative estimate of drug-likeness (QED) is 0.853. The predicted octanol–water partition coefficient (Wildman–Crippen LogP) is 3.61. The van der Waals surface area contributed by atoms with Crippen LogP contribution in [-0.4, -0.2) is 15.6 Å². The summed E-state index contributed by atoms with van der Waals surface area (Å²) >= 11 is 0. The van der Waals surface area contributed by atoms with Gasteiger partial charge in [-0.2, -0.15) is 0 Å². The van der Waals surface area contributed by atoms with E-state index in [9.17, 15) is 4.79 Å². The predicted molar refractivity (Wildman–Crippen MR) is 78.1 cm³/mol. The fourth-order valence-corrected chi connectivity index (χ4v) is 2.42. The van der Waals surface area contributed by atoms with E-state index in [4.69, 9.17) is 5.11 Å². The molecule has 1 aromatic heterocycles. The number of hydrogen-bond donors (Lipinski definition) is 1. The number of benzene rings is 1. The maximum atomic E-state index is 11.0. The van der Waals surface area contributed by atoms with Gasteiger partial charge in [-0.05, 0) is 30.5 Å². The van der Waals surface area contributed by atoms with E-state index >= 15 is 0 Å². The fourth-order valence-electron chi connectivity index (χ4n) is 2.42. The Balaban J connectivity index is 2.73. The van der Waals surface area contributed by atoms with Gasteiger partial charge in [-0.15, -0.1) is 0 Å². The van der Waals surface area contributed by atoms with E-state index in [1.165, 1.54) is 11.6 Å². The summed E-state index contributed by atoms with van der Waals surface area (Å²) < 4.78 is 2.04. The molecule has 1 heterocycles. The summed E-state index contributed by atoms with van der Waals surface area (Å²) in [5, 5.41) is 10.2. The van der Waals surface area contributed by atoms with Crippen molar-refractivity contribution in [2.75, 3.05) is 0 Å². The molecule has 2 rings (SSSR count). The highest BCUT2D eigenvalue weighted by Crippen LogP contribution is 2.31. The van der Waals surface area contributed by atoms with E-state index in [2.05, 4.69) is 18.2 Å². The Morgan fingerprint density at radius 1 is 1.37 bits per heavy atom. The summed E-state index contributed by atoms with van der Waals surface area (Å²) in [5.74, 6) is -0.726. The van der Waals surface area contributed by atoms with Crippen LogP contribution in [0.5, 0.6) is 0 Å². The van der Waals surface area contributed by atoms with E-state index in [0.717, 1.165) is 22.0 Å². The molecule has 0 aliphatic heterocycles. The number of aryl methyl sites for hydroxylation is 2. The number of aliphatic carboxylic acids is 1. The van der Waals surface area contributed by atoms with Crippen molar-refractivity contribution in [2.45, 2.75) is 20.8 Å². The lowest BCUT2D eigenvalue weighted by Crippen LogP contribution is -1.98. The van der Waals surface area contributed by atoms with Crippen LogP contribution in [-0.2, 0) is 11.8 Å². The number of rotatable bonds is 3. The van der Waals surface area contributed by atoms with E-state index in [-0.39, 0.29) is 5.92 Å². The molecule has 3 nitrogen and oxygen atoms in total. The fraction of sp³-hybridized carbons (Fsp3) is 0.312. The molecular formula is C16H19NO2. The lowest BCUT2D eigenvalue weighted by Gasteiger charge is -2.09. The molecule has 100 valence electrons. The van der Waals surface area contributed by atoms with Crippen LogP contribution in [0.2, 0.25) is 0 Å². The second-order valence-electron chi connectivity index (χ2n) is 5.27. The van der Waals surface area contributed by atoms with Gasteiger partial charge in [0, 0.05) is 35.8 Å². The molecule has 1 aromatic carbocycles. The van der Waals surface area contributed by atoms with Crippen molar-refractivity contribution in [1.82, 2.24) is 4.57 Å². The van der Waals surface area contributed by atoms with Crippen LogP contribution >= 0.6 is 0 Å². The van der Waals surface area contributed by atoms with Gasteiger partial charge in [-0.25, -0.2) is 4.79 Å². The molecule has 0 aliphatic rings. The molecular weight excluding hydrogens is 238 g/mol. The molecule has 3 heteroatoms. The zero-order valence-corrected chi connectivity index (χ0v) is 11.8. The average Bonchev–Trinajstić information content (AvgIpc) is 2.62. The summed E-state index contributed by atoms with van der Waals surface area (Å²) in [6.45, 7) is 6.08. The molecule has 0 fully saturated rings. The number of hydrogen-bond acceptors (Lipinski definition) is 1. The second kappa shape index (κ2) is 4.92. The molecule has 2 aromatic rings. The van der Waals surface area contributed by atoms with Crippen molar-refractivity contribution in [3.8, 4) is 0 Å². The van der Waals surface area contributed by atoms with Gasteiger partial charge in [0.25, 0.3) is 0 Å². The van der Waals surface area contributed by atoms with E-state index in [1.54, 1.807) is 0 Å². The lowest BCUT2D eigenvalue weighted by atomic mass is 9.94. The summed E-state index contributed by atoms with van der Waals surface area (Å²) in [4.78, 5) is 11.0. The summed E-state index contributed by atoms with van der Waals surface area (Å²) in [6, 6.07) is 6.26. The number of aromatic nitrogens is 1. The average molecular weight is 257 g/mol. The van der Waals surface area contributed by atoms with Crippen molar-refractivity contribution in [2.24, 2.45) is 13.0 Å². The molecule has 1 N–H and O–H groups in total. The zero-order chi connectivity index (χ0) is 14.2. The number of fused-ring (bicyclic) bond motifs is 1. The SMILES string of the molecule is Cc1ccc2c(c1)c(/C(=C/C(=O)O)C(C)C)cn2C. The van der Waals surface area contributed by atoms with Crippen LogP contribution in [0, 0.1) is 12.8 Å². The van der Waals surface area contributed by atoms with Gasteiger partial charge >= 0.3 is 5.97 Å². The topological polar surface area (TPSA) is 42.2 Å². The van der Waals surface area contributed by atoms with Crippen molar-refractivity contribution >= 4 is 22.4 Å². The molecule has 0 atom stereocenters. The van der Waals surface area contributed by atoms with Gasteiger partial charge in [0.15, 0.2) is 0 Å². The Morgan fingerprint density at radius 2 is 2.05 bits per heavy atom. The highest BCUT2D eigenvalue weighted by molar-refractivity contribution is 5.99. The van der Waals surface area contributed by atoms with Gasteiger partial charge in [-0.1, -0.05) is 25.5 Å². The van der Waals surface area contributed by atoms with Crippen molar-refractivity contribution in [3.05, 3.63) is 41.6 Å². The smallest absolute Gasteiger partial charge is 0.328 e. The van der Waals surface area contributed by atoms with Crippen LogP contribution < -0.4 is 0 Å². The Bertz CT molecular complexity index is 663. The Labute approximate surface area is 113 Å². The second-order valence-corrected chi connectivity index (χ2v) is 5.27. The van der Waals surface area contributed by atoms with Gasteiger partial charge in [0.05, 0.1) is 0 Å². The molecule has 0 spiro atoms. The number of nitrogens with zero attached hydrogens (tertiary/aromatic N) is 1. The van der Waals surface area contributed by atoms with Gasteiger partial charge < -0.3 is 9.67 Å². The van der Waals surface area contributed by atoms with Crippen molar-refractivity contribution in [3.63, 3.8) is 0 Å². The zero-order valence-electron chi connectivity index (χ0n) is 11.8. The van der Waals surface area contributed by atoms with Gasteiger partial charge in [-0.3, -0.25) is 0 Å². The number of carboxylic acids is 1. The molecule has 19 heavy (non-hydrogen) atoms. The number of carbonyl (C=O) groups is 1. The Hall–Kier alpha value is -2.03. The first-order valence-corrected chi connectivity index (χ1v) is 6.40. The molecule has 0 unspecified atom stereocenters. The van der Waals surface area contributed by atoms with Crippen molar-refractivity contribution < 1.29 is 9.90 Å². The first-order valence-electron chi connectivity index (χ1n) is 6.40. The molecule has 0 saturated heterocycles. The standard InChI is InChI=1S/C16H19NO2/c1-10(2)12(8-16(18)19)14-9-17(4)15-6-5-11(3)7-13(14)15/h5-10H,1-4H3,(H,18,19)/b12-8+. The summed E-state index contributed by atoms with van der Waals surface area (Å²) in [7, 11) is 1.99. The first kappa shape index (κ1) is 13.4. The maximum Gasteiger partial charge on any atom is 0.328 e. The minimum absolute atomic E-state index is 0.169. The Kier molecular flexibility index (Phi) is 3.47. The third-order valence-electron chi connectivity index (χ3n) is 3.36. The van der Waals surface area contributed by atoms with Crippen molar-refractivity contribution in [1.29, 1.82) is 0 Å². The summed E-state index contributed by atoms with van der Waals surface area (Å²) in [6.07, 6.45) is 3.33. The first-order chi connectivity index (χ1) is 8.90. The molecule has 0 bridgehead atoms. The van der Waals surface area contributed by atoms with Crippen LogP contribution in [0.4, 0.5) is 0 Å². The normalized spacial score (nSPS) is 12.4. The van der Waals surface area contributed by atoms with Gasteiger partial charge in [0.1, 0.15) is 0 Å². The molecule has 0 amide bonds. The van der Waals surface area contributed by atoms with Crippen LogP contribution in [0.3, 0.4) is 0 Å². The molecule has 0 saturated carbocycles. The third-order valence-corrected chi connectivity index (χ3v) is 3.36. The van der Waals surface area contributed by atoms with E-state index in [1.807, 2.05) is 38.6 Å². The number of allylic oxidation sites excluding steroid dienone is 1. The largest absolute Gasteiger partial charge is 0.478 e. The summed E-state index contributed by atoms with van der Waals surface area (Å²) in [5.41, 5.74) is 4.18. The maximum absolute atomic E-state index is 11.0. The third kappa shape index (κ3) is 2.55. The van der Waals surface area contributed by atoms with Crippen LogP contribution in [0.15, 0.2) is 30.5 Å². The van der Waals surface area contributed by atoms with Crippen LogP contribution in [0.1, 0.15) is 25.0 Å². The molecule has 0 radical (unpaired) electrons. The lowest BCUT2D eigenvalue weighted by molar-refractivity contribution is -0.131. The Morgan fingerprint density at radius 3 is 2.63 bits per heavy atom. The van der Waals surface area contributed by atoms with E-state index in [0.29, 0.717) is 0 Å². The van der Waals surface area contributed by atoms with Crippen LogP contribution in [0.25, 0.3) is 16.5 Å². The minimum Gasteiger partial charge on any atom is -0.478 e. The molecule has 0 aliphatic carbocycles. The highest BCUT2D eigenvalue weighted by Gasteiger charge is 2.15. The minimum atomic E-state index is -0.895. The monoisotopic (exact) mass is 257 g/mol. The number of carboxylic acid groups (broad SMARTS) is 1. The van der Waals surface area contributed by atoms with E-state index < -0.39 is 5.97 Å². The van der Waals surface area contributed by atoms with Gasteiger partial charge in [0.2, 0.25) is 0 Å². The highest BCUT2D eigenvalue weighted by atomic mass is 16.4.